The fraction of sp³-hybridized carbons (Fsp3) is 0.154. The van der Waals surface area contributed by atoms with Crippen LogP contribution in [-0.4, -0.2) is 20.2 Å². The van der Waals surface area contributed by atoms with Crippen molar-refractivity contribution in [3.05, 3.63) is 36.2 Å². The summed E-state index contributed by atoms with van der Waals surface area (Å²) in [6, 6.07) is 7.70. The van der Waals surface area contributed by atoms with Gasteiger partial charge in [0.1, 0.15) is 5.75 Å². The lowest BCUT2D eigenvalue weighted by Gasteiger charge is -2.05. The smallest absolute Gasteiger partial charge is 0.143 e. The van der Waals surface area contributed by atoms with Crippen molar-refractivity contribution in [3.8, 4) is 5.75 Å². The molecule has 0 spiro atoms. The molecule has 3 rings (SSSR count). The third-order valence-corrected chi connectivity index (χ3v) is 2.94. The van der Waals surface area contributed by atoms with Crippen molar-refractivity contribution < 1.29 is 10.2 Å². The molecular formula is C13H12N2O2. The van der Waals surface area contributed by atoms with E-state index in [1.54, 1.807) is 6.92 Å². The van der Waals surface area contributed by atoms with Gasteiger partial charge in [-0.2, -0.15) is 0 Å². The molecule has 0 aliphatic rings. The topological polar surface area (TPSA) is 69.1 Å². The maximum Gasteiger partial charge on any atom is 0.143 e. The van der Waals surface area contributed by atoms with E-state index in [4.69, 9.17) is 0 Å². The van der Waals surface area contributed by atoms with Crippen LogP contribution >= 0.6 is 0 Å². The third-order valence-electron chi connectivity index (χ3n) is 2.94. The summed E-state index contributed by atoms with van der Waals surface area (Å²) in [6.07, 6.45) is 0.705. The lowest BCUT2D eigenvalue weighted by molar-refractivity contribution is 0.196. The SMILES string of the molecule is CC(O)c1ncc(O)c2c1[nH]c1ccccc12. The Labute approximate surface area is 97.5 Å². The van der Waals surface area contributed by atoms with Crippen molar-refractivity contribution in [2.24, 2.45) is 0 Å². The van der Waals surface area contributed by atoms with E-state index in [0.29, 0.717) is 16.6 Å². The predicted molar refractivity (Wildman–Crippen MR) is 65.9 cm³/mol. The van der Waals surface area contributed by atoms with Gasteiger partial charge in [-0.15, -0.1) is 0 Å². The molecule has 0 bridgehead atoms. The minimum atomic E-state index is -0.675. The van der Waals surface area contributed by atoms with Gasteiger partial charge in [0.2, 0.25) is 0 Å². The summed E-state index contributed by atoms with van der Waals surface area (Å²) in [5.74, 6) is 0.127. The Bertz CT molecular complexity index is 701. The van der Waals surface area contributed by atoms with Crippen molar-refractivity contribution in [1.82, 2.24) is 9.97 Å². The van der Waals surface area contributed by atoms with Crippen molar-refractivity contribution in [3.63, 3.8) is 0 Å². The minimum Gasteiger partial charge on any atom is -0.506 e. The van der Waals surface area contributed by atoms with Crippen molar-refractivity contribution >= 4 is 21.8 Å². The molecule has 4 heteroatoms. The van der Waals surface area contributed by atoms with E-state index in [-0.39, 0.29) is 5.75 Å². The number of aromatic hydroxyl groups is 1. The van der Waals surface area contributed by atoms with Crippen LogP contribution in [0.25, 0.3) is 21.8 Å². The molecule has 0 aliphatic heterocycles. The summed E-state index contributed by atoms with van der Waals surface area (Å²) in [6.45, 7) is 1.66. The highest BCUT2D eigenvalue weighted by Crippen LogP contribution is 2.34. The molecule has 0 saturated carbocycles. The Balaban J connectivity index is 2.54. The first-order chi connectivity index (χ1) is 8.18. The molecule has 0 saturated heterocycles. The Kier molecular flexibility index (Phi) is 2.06. The van der Waals surface area contributed by atoms with E-state index >= 15 is 0 Å². The molecule has 17 heavy (non-hydrogen) atoms. The monoisotopic (exact) mass is 228 g/mol. The standard InChI is InChI=1S/C13H12N2O2/c1-7(16)12-13-11(10(17)6-14-12)8-4-2-3-5-9(8)15-13/h2-7,15-17H,1H3. The highest BCUT2D eigenvalue weighted by molar-refractivity contribution is 6.10. The minimum absolute atomic E-state index is 0.127. The van der Waals surface area contributed by atoms with Gasteiger partial charge in [0.15, 0.2) is 0 Å². The number of aromatic nitrogens is 2. The molecule has 0 fully saturated rings. The van der Waals surface area contributed by atoms with Crippen molar-refractivity contribution in [2.75, 3.05) is 0 Å². The maximum atomic E-state index is 9.90. The quantitative estimate of drug-likeness (QED) is 0.599. The van der Waals surface area contributed by atoms with Crippen LogP contribution in [0, 0.1) is 0 Å². The number of pyridine rings is 1. The maximum absolute atomic E-state index is 9.90. The molecular weight excluding hydrogens is 216 g/mol. The van der Waals surface area contributed by atoms with Crippen LogP contribution in [-0.2, 0) is 0 Å². The van der Waals surface area contributed by atoms with Gasteiger partial charge in [-0.25, -0.2) is 0 Å². The first kappa shape index (κ1) is 10.1. The molecule has 0 radical (unpaired) electrons. The number of benzene rings is 1. The van der Waals surface area contributed by atoms with E-state index in [0.717, 1.165) is 10.9 Å². The van der Waals surface area contributed by atoms with Gasteiger partial charge in [0, 0.05) is 10.9 Å². The fourth-order valence-electron chi connectivity index (χ4n) is 2.18. The Morgan fingerprint density at radius 2 is 2.06 bits per heavy atom. The third kappa shape index (κ3) is 1.38. The molecule has 2 aromatic heterocycles. The van der Waals surface area contributed by atoms with Gasteiger partial charge in [-0.1, -0.05) is 18.2 Å². The number of aliphatic hydroxyl groups is 1. The summed E-state index contributed by atoms with van der Waals surface area (Å²) in [4.78, 5) is 7.26. The summed E-state index contributed by atoms with van der Waals surface area (Å²) >= 11 is 0. The number of hydrogen-bond donors (Lipinski definition) is 3. The predicted octanol–water partition coefficient (Wildman–Crippen LogP) is 2.47. The number of rotatable bonds is 1. The van der Waals surface area contributed by atoms with Gasteiger partial charge in [-0.05, 0) is 13.0 Å². The van der Waals surface area contributed by atoms with E-state index < -0.39 is 6.10 Å². The lowest BCUT2D eigenvalue weighted by atomic mass is 10.1. The van der Waals surface area contributed by atoms with Crippen LogP contribution < -0.4 is 0 Å². The second-order valence-electron chi connectivity index (χ2n) is 4.13. The zero-order chi connectivity index (χ0) is 12.0. The average molecular weight is 228 g/mol. The molecule has 1 aromatic carbocycles. The molecule has 0 aliphatic carbocycles. The highest BCUT2D eigenvalue weighted by atomic mass is 16.3. The van der Waals surface area contributed by atoms with Crippen LogP contribution in [0.5, 0.6) is 5.75 Å². The van der Waals surface area contributed by atoms with Crippen molar-refractivity contribution in [1.29, 1.82) is 0 Å². The number of nitrogens with one attached hydrogen (secondary N) is 1. The van der Waals surface area contributed by atoms with Crippen LogP contribution in [0.15, 0.2) is 30.5 Å². The van der Waals surface area contributed by atoms with Crippen LogP contribution in [0.1, 0.15) is 18.7 Å². The second kappa shape index (κ2) is 3.46. The summed E-state index contributed by atoms with van der Waals surface area (Å²) in [5.41, 5.74) is 2.17. The summed E-state index contributed by atoms with van der Waals surface area (Å²) in [5, 5.41) is 21.2. The van der Waals surface area contributed by atoms with Gasteiger partial charge >= 0.3 is 0 Å². The molecule has 1 atom stereocenters. The Morgan fingerprint density at radius 1 is 1.29 bits per heavy atom. The molecule has 3 N–H and O–H groups in total. The molecule has 4 nitrogen and oxygen atoms in total. The van der Waals surface area contributed by atoms with Gasteiger partial charge in [0.05, 0.1) is 28.9 Å². The molecule has 3 aromatic rings. The lowest BCUT2D eigenvalue weighted by Crippen LogP contribution is -1.96. The first-order valence-corrected chi connectivity index (χ1v) is 5.45. The molecule has 0 amide bonds. The fourth-order valence-corrected chi connectivity index (χ4v) is 2.18. The van der Waals surface area contributed by atoms with E-state index in [1.807, 2.05) is 24.3 Å². The van der Waals surface area contributed by atoms with E-state index in [1.165, 1.54) is 6.20 Å². The number of aromatic amines is 1. The molecule has 2 heterocycles. The number of nitrogens with zero attached hydrogens (tertiary/aromatic N) is 1. The molecule has 1 unspecified atom stereocenters. The first-order valence-electron chi connectivity index (χ1n) is 5.45. The van der Waals surface area contributed by atoms with Crippen LogP contribution in [0.3, 0.4) is 0 Å². The summed E-state index contributed by atoms with van der Waals surface area (Å²) < 4.78 is 0. The number of H-pyrrole nitrogens is 1. The van der Waals surface area contributed by atoms with Crippen LogP contribution in [0.2, 0.25) is 0 Å². The second-order valence-corrected chi connectivity index (χ2v) is 4.13. The Morgan fingerprint density at radius 3 is 2.82 bits per heavy atom. The number of hydrogen-bond acceptors (Lipinski definition) is 3. The van der Waals surface area contributed by atoms with Gasteiger partial charge < -0.3 is 15.2 Å². The summed E-state index contributed by atoms with van der Waals surface area (Å²) in [7, 11) is 0. The number of aliphatic hydroxyl groups excluding tert-OH is 1. The molecule has 86 valence electrons. The number of para-hydroxylation sites is 1. The van der Waals surface area contributed by atoms with E-state index in [9.17, 15) is 10.2 Å². The Hall–Kier alpha value is -2.07. The largest absolute Gasteiger partial charge is 0.506 e. The van der Waals surface area contributed by atoms with Gasteiger partial charge in [-0.3, -0.25) is 4.98 Å². The number of fused-ring (bicyclic) bond motifs is 3. The van der Waals surface area contributed by atoms with Crippen LogP contribution in [0.4, 0.5) is 0 Å². The van der Waals surface area contributed by atoms with Gasteiger partial charge in [0.25, 0.3) is 0 Å². The average Bonchev–Trinajstić information content (AvgIpc) is 2.68. The van der Waals surface area contributed by atoms with E-state index in [2.05, 4.69) is 9.97 Å². The highest BCUT2D eigenvalue weighted by Gasteiger charge is 2.15. The normalized spacial score (nSPS) is 13.3. The zero-order valence-corrected chi connectivity index (χ0v) is 9.31. The zero-order valence-electron chi connectivity index (χ0n) is 9.31. The van der Waals surface area contributed by atoms with Crippen molar-refractivity contribution in [2.45, 2.75) is 13.0 Å².